The van der Waals surface area contributed by atoms with E-state index >= 15 is 0 Å². The number of likely N-dealkylation sites (N-methyl/N-ethyl adjacent to an activating group) is 1. The molecular weight excluding hydrogens is 306 g/mol. The molecule has 2 aromatic carbocycles. The first kappa shape index (κ1) is 16.5. The van der Waals surface area contributed by atoms with Gasteiger partial charge in [0, 0.05) is 12.6 Å². The highest BCUT2D eigenvalue weighted by Gasteiger charge is 2.27. The van der Waals surface area contributed by atoms with Crippen LogP contribution in [-0.4, -0.2) is 42.9 Å². The molecule has 0 saturated heterocycles. The number of nitrogens with zero attached hydrogens (tertiary/aromatic N) is 1. The van der Waals surface area contributed by atoms with Gasteiger partial charge in [0.25, 0.3) is 0 Å². The average molecular weight is 329 g/mol. The lowest BCUT2D eigenvalue weighted by Gasteiger charge is -2.35. The molecule has 1 aliphatic rings. The SMILES string of the molecule is COc1cc(CC2c3cc(O)c(OC)cc3CCN2C)ccc1O. The lowest BCUT2D eigenvalue weighted by molar-refractivity contribution is 0.228. The molecule has 0 amide bonds. The summed E-state index contributed by atoms with van der Waals surface area (Å²) in [6.45, 7) is 0.945. The van der Waals surface area contributed by atoms with Gasteiger partial charge in [0.05, 0.1) is 14.2 Å². The van der Waals surface area contributed by atoms with Crippen molar-refractivity contribution in [1.29, 1.82) is 0 Å². The van der Waals surface area contributed by atoms with E-state index in [4.69, 9.17) is 9.47 Å². The van der Waals surface area contributed by atoms with Crippen LogP contribution in [0.5, 0.6) is 23.0 Å². The van der Waals surface area contributed by atoms with Crippen LogP contribution in [0.2, 0.25) is 0 Å². The molecule has 0 aromatic heterocycles. The molecule has 24 heavy (non-hydrogen) atoms. The number of ether oxygens (including phenoxy) is 2. The van der Waals surface area contributed by atoms with Gasteiger partial charge in [-0.15, -0.1) is 0 Å². The molecule has 1 atom stereocenters. The third-order valence-electron chi connectivity index (χ3n) is 4.74. The molecule has 0 bridgehead atoms. The summed E-state index contributed by atoms with van der Waals surface area (Å²) in [7, 11) is 5.20. The standard InChI is InChI=1S/C19H23NO4/c1-20-7-6-13-10-19(24-3)17(22)11-14(13)15(20)8-12-4-5-16(21)18(9-12)23-2/h4-5,9-11,15,21-22H,6-8H2,1-3H3. The number of phenolic OH excluding ortho intramolecular Hbond substituents is 2. The van der Waals surface area contributed by atoms with E-state index in [0.29, 0.717) is 11.5 Å². The maximum Gasteiger partial charge on any atom is 0.160 e. The van der Waals surface area contributed by atoms with Crippen LogP contribution in [0, 0.1) is 0 Å². The molecule has 0 spiro atoms. The Labute approximate surface area is 142 Å². The van der Waals surface area contributed by atoms with Crippen LogP contribution < -0.4 is 9.47 Å². The second-order valence-corrected chi connectivity index (χ2v) is 6.18. The van der Waals surface area contributed by atoms with E-state index in [0.717, 1.165) is 30.5 Å². The number of aromatic hydroxyl groups is 2. The van der Waals surface area contributed by atoms with Crippen molar-refractivity contribution in [2.24, 2.45) is 0 Å². The molecule has 128 valence electrons. The summed E-state index contributed by atoms with van der Waals surface area (Å²) in [4.78, 5) is 2.29. The Morgan fingerprint density at radius 1 is 1.04 bits per heavy atom. The molecule has 0 fully saturated rings. The Balaban J connectivity index is 1.95. The molecular formula is C19H23NO4. The predicted molar refractivity (Wildman–Crippen MR) is 92.1 cm³/mol. The quantitative estimate of drug-likeness (QED) is 0.903. The van der Waals surface area contributed by atoms with Crippen molar-refractivity contribution in [2.45, 2.75) is 18.9 Å². The van der Waals surface area contributed by atoms with E-state index in [1.807, 2.05) is 24.3 Å². The van der Waals surface area contributed by atoms with Gasteiger partial charge in [-0.3, -0.25) is 4.90 Å². The van der Waals surface area contributed by atoms with Gasteiger partial charge in [-0.2, -0.15) is 0 Å². The van der Waals surface area contributed by atoms with E-state index in [1.165, 1.54) is 5.56 Å². The van der Waals surface area contributed by atoms with Gasteiger partial charge in [0.15, 0.2) is 23.0 Å². The van der Waals surface area contributed by atoms with Gasteiger partial charge in [-0.25, -0.2) is 0 Å². The Hall–Kier alpha value is -2.40. The highest BCUT2D eigenvalue weighted by atomic mass is 16.5. The summed E-state index contributed by atoms with van der Waals surface area (Å²) >= 11 is 0. The van der Waals surface area contributed by atoms with Crippen LogP contribution in [0.4, 0.5) is 0 Å². The molecule has 0 saturated carbocycles. The van der Waals surface area contributed by atoms with Crippen LogP contribution >= 0.6 is 0 Å². The zero-order valence-electron chi connectivity index (χ0n) is 14.2. The van der Waals surface area contributed by atoms with Crippen molar-refractivity contribution in [3.8, 4) is 23.0 Å². The summed E-state index contributed by atoms with van der Waals surface area (Å²) in [5, 5.41) is 19.9. The van der Waals surface area contributed by atoms with E-state index < -0.39 is 0 Å². The van der Waals surface area contributed by atoms with Gasteiger partial charge in [0.1, 0.15) is 0 Å². The normalized spacial score (nSPS) is 17.4. The van der Waals surface area contributed by atoms with Crippen molar-refractivity contribution in [3.63, 3.8) is 0 Å². The highest BCUT2D eigenvalue weighted by molar-refractivity contribution is 5.49. The molecule has 2 N–H and O–H groups in total. The van der Waals surface area contributed by atoms with Crippen LogP contribution in [0.1, 0.15) is 22.7 Å². The number of benzene rings is 2. The average Bonchev–Trinajstić information content (AvgIpc) is 2.58. The molecule has 0 radical (unpaired) electrons. The predicted octanol–water partition coefficient (Wildman–Crippen LogP) is 2.89. The fourth-order valence-corrected chi connectivity index (χ4v) is 3.34. The zero-order chi connectivity index (χ0) is 17.3. The largest absolute Gasteiger partial charge is 0.504 e. The summed E-state index contributed by atoms with van der Waals surface area (Å²) in [6.07, 6.45) is 1.70. The van der Waals surface area contributed by atoms with Crippen LogP contribution in [-0.2, 0) is 12.8 Å². The first-order valence-corrected chi connectivity index (χ1v) is 7.99. The molecule has 0 aliphatic carbocycles. The molecule has 3 rings (SSSR count). The summed E-state index contributed by atoms with van der Waals surface area (Å²) in [5.74, 6) is 1.30. The maximum absolute atomic E-state index is 10.2. The maximum atomic E-state index is 10.2. The van der Waals surface area contributed by atoms with Crippen LogP contribution in [0.15, 0.2) is 30.3 Å². The van der Waals surface area contributed by atoms with Gasteiger partial charge in [0.2, 0.25) is 0 Å². The summed E-state index contributed by atoms with van der Waals surface area (Å²) in [5.41, 5.74) is 3.40. The lowest BCUT2D eigenvalue weighted by atomic mass is 9.88. The fourth-order valence-electron chi connectivity index (χ4n) is 3.34. The minimum Gasteiger partial charge on any atom is -0.504 e. The highest BCUT2D eigenvalue weighted by Crippen LogP contribution is 2.39. The van der Waals surface area contributed by atoms with Gasteiger partial charge in [-0.1, -0.05) is 6.07 Å². The van der Waals surface area contributed by atoms with E-state index in [-0.39, 0.29) is 17.5 Å². The Morgan fingerprint density at radius 2 is 1.75 bits per heavy atom. The monoisotopic (exact) mass is 329 g/mol. The van der Waals surface area contributed by atoms with E-state index in [9.17, 15) is 10.2 Å². The van der Waals surface area contributed by atoms with Crippen molar-refractivity contribution < 1.29 is 19.7 Å². The minimum atomic E-state index is 0.140. The molecule has 1 unspecified atom stereocenters. The first-order chi connectivity index (χ1) is 11.5. The van der Waals surface area contributed by atoms with Crippen molar-refractivity contribution in [2.75, 3.05) is 27.8 Å². The second-order valence-electron chi connectivity index (χ2n) is 6.18. The first-order valence-electron chi connectivity index (χ1n) is 7.99. The van der Waals surface area contributed by atoms with Crippen molar-refractivity contribution >= 4 is 0 Å². The minimum absolute atomic E-state index is 0.140. The van der Waals surface area contributed by atoms with Gasteiger partial charge >= 0.3 is 0 Å². The summed E-state index contributed by atoms with van der Waals surface area (Å²) < 4.78 is 10.4. The van der Waals surface area contributed by atoms with E-state index in [1.54, 1.807) is 20.3 Å². The number of fused-ring (bicyclic) bond motifs is 1. The molecule has 5 nitrogen and oxygen atoms in total. The second kappa shape index (κ2) is 6.61. The number of hydrogen-bond acceptors (Lipinski definition) is 5. The molecule has 5 heteroatoms. The van der Waals surface area contributed by atoms with Crippen molar-refractivity contribution in [1.82, 2.24) is 4.90 Å². The van der Waals surface area contributed by atoms with Crippen molar-refractivity contribution in [3.05, 3.63) is 47.0 Å². The summed E-state index contributed by atoms with van der Waals surface area (Å²) in [6, 6.07) is 9.32. The topological polar surface area (TPSA) is 62.2 Å². The zero-order valence-corrected chi connectivity index (χ0v) is 14.2. The third-order valence-corrected chi connectivity index (χ3v) is 4.74. The Bertz CT molecular complexity index is 744. The number of rotatable bonds is 4. The molecule has 1 heterocycles. The number of phenols is 2. The van der Waals surface area contributed by atoms with Gasteiger partial charge < -0.3 is 19.7 Å². The van der Waals surface area contributed by atoms with E-state index in [2.05, 4.69) is 11.9 Å². The smallest absolute Gasteiger partial charge is 0.160 e. The lowest BCUT2D eigenvalue weighted by Crippen LogP contribution is -2.33. The number of hydrogen-bond donors (Lipinski definition) is 2. The van der Waals surface area contributed by atoms with Crippen LogP contribution in [0.3, 0.4) is 0 Å². The molecule has 1 aliphatic heterocycles. The number of methoxy groups -OCH3 is 2. The third kappa shape index (κ3) is 2.99. The van der Waals surface area contributed by atoms with Crippen LogP contribution in [0.25, 0.3) is 0 Å². The Kier molecular flexibility index (Phi) is 4.53. The fraction of sp³-hybridized carbons (Fsp3) is 0.368. The molecule has 2 aromatic rings. The van der Waals surface area contributed by atoms with Gasteiger partial charge in [-0.05, 0) is 60.8 Å². The Morgan fingerprint density at radius 3 is 2.46 bits per heavy atom.